The third-order valence-electron chi connectivity index (χ3n) is 2.36. The smallest absolute Gasteiger partial charge is 0.261 e. The van der Waals surface area contributed by atoms with E-state index in [1.807, 2.05) is 0 Å². The zero-order valence-corrected chi connectivity index (χ0v) is 13.6. The first-order valence-corrected chi connectivity index (χ1v) is 8.29. The van der Waals surface area contributed by atoms with Crippen LogP contribution in [-0.4, -0.2) is 8.42 Å². The van der Waals surface area contributed by atoms with Gasteiger partial charge in [0.1, 0.15) is 0 Å². The standard InChI is InChI=1S/C12H10Br2N2O2S/c13-11-6-3-9(7-12(11)14)16-19(17,18)10-4-1-8(15)2-5-10/h1-7,16H,15H2. The van der Waals surface area contributed by atoms with Crippen LogP contribution in [0.15, 0.2) is 56.3 Å². The quantitative estimate of drug-likeness (QED) is 0.766. The van der Waals surface area contributed by atoms with Crippen molar-refractivity contribution in [1.29, 1.82) is 0 Å². The number of hydrogen-bond acceptors (Lipinski definition) is 3. The number of rotatable bonds is 3. The van der Waals surface area contributed by atoms with Gasteiger partial charge < -0.3 is 5.73 Å². The second-order valence-corrected chi connectivity index (χ2v) is 7.19. The number of benzene rings is 2. The van der Waals surface area contributed by atoms with Gasteiger partial charge >= 0.3 is 0 Å². The van der Waals surface area contributed by atoms with Gasteiger partial charge in [-0.2, -0.15) is 0 Å². The van der Waals surface area contributed by atoms with Gasteiger partial charge in [-0.3, -0.25) is 4.72 Å². The Morgan fingerprint density at radius 2 is 1.58 bits per heavy atom. The Bertz CT molecular complexity index is 700. The van der Waals surface area contributed by atoms with E-state index in [4.69, 9.17) is 5.73 Å². The molecule has 0 amide bonds. The predicted molar refractivity (Wildman–Crippen MR) is 83.5 cm³/mol. The molecule has 0 aromatic heterocycles. The Balaban J connectivity index is 2.30. The second kappa shape index (κ2) is 5.52. The molecule has 0 heterocycles. The van der Waals surface area contributed by atoms with Crippen molar-refractivity contribution >= 4 is 53.3 Å². The molecule has 0 unspecified atom stereocenters. The van der Waals surface area contributed by atoms with E-state index in [1.54, 1.807) is 30.3 Å². The molecule has 2 rings (SSSR count). The van der Waals surface area contributed by atoms with Crippen molar-refractivity contribution in [3.05, 3.63) is 51.4 Å². The molecule has 3 N–H and O–H groups in total. The fourth-order valence-electron chi connectivity index (χ4n) is 1.42. The first-order chi connectivity index (χ1) is 8.88. The summed E-state index contributed by atoms with van der Waals surface area (Å²) in [5.41, 5.74) is 6.53. The Morgan fingerprint density at radius 1 is 0.947 bits per heavy atom. The largest absolute Gasteiger partial charge is 0.399 e. The van der Waals surface area contributed by atoms with E-state index in [1.165, 1.54) is 12.1 Å². The van der Waals surface area contributed by atoms with Crippen molar-refractivity contribution in [2.75, 3.05) is 10.5 Å². The minimum absolute atomic E-state index is 0.167. The fourth-order valence-corrected chi connectivity index (χ4v) is 3.10. The lowest BCUT2D eigenvalue weighted by Crippen LogP contribution is -2.12. The van der Waals surface area contributed by atoms with Gasteiger partial charge in [0.2, 0.25) is 0 Å². The lowest BCUT2D eigenvalue weighted by Gasteiger charge is -2.09. The summed E-state index contributed by atoms with van der Waals surface area (Å²) in [4.78, 5) is 0.167. The third kappa shape index (κ3) is 3.49. The maximum absolute atomic E-state index is 12.1. The molecule has 0 spiro atoms. The van der Waals surface area contributed by atoms with Crippen LogP contribution in [0.4, 0.5) is 11.4 Å². The average Bonchev–Trinajstić information content (AvgIpc) is 2.34. The zero-order valence-electron chi connectivity index (χ0n) is 9.60. The first-order valence-electron chi connectivity index (χ1n) is 5.22. The highest BCUT2D eigenvalue weighted by Gasteiger charge is 2.14. The van der Waals surface area contributed by atoms with Crippen molar-refractivity contribution < 1.29 is 8.42 Å². The predicted octanol–water partition coefficient (Wildman–Crippen LogP) is 3.59. The van der Waals surface area contributed by atoms with Gasteiger partial charge in [0.15, 0.2) is 0 Å². The Hall–Kier alpha value is -1.05. The highest BCUT2D eigenvalue weighted by molar-refractivity contribution is 9.13. The summed E-state index contributed by atoms with van der Waals surface area (Å²) >= 11 is 6.65. The second-order valence-electron chi connectivity index (χ2n) is 3.80. The van der Waals surface area contributed by atoms with Crippen LogP contribution in [0.1, 0.15) is 0 Å². The van der Waals surface area contributed by atoms with Crippen LogP contribution >= 0.6 is 31.9 Å². The van der Waals surface area contributed by atoms with E-state index in [0.29, 0.717) is 11.4 Å². The SMILES string of the molecule is Nc1ccc(S(=O)(=O)Nc2ccc(Br)c(Br)c2)cc1. The van der Waals surface area contributed by atoms with E-state index in [2.05, 4.69) is 36.6 Å². The molecule has 2 aromatic rings. The lowest BCUT2D eigenvalue weighted by molar-refractivity contribution is 0.601. The maximum atomic E-state index is 12.1. The van der Waals surface area contributed by atoms with Gasteiger partial charge in [0, 0.05) is 14.6 Å². The van der Waals surface area contributed by atoms with E-state index >= 15 is 0 Å². The van der Waals surface area contributed by atoms with Gasteiger partial charge in [0.25, 0.3) is 10.0 Å². The van der Waals surface area contributed by atoms with Gasteiger partial charge in [-0.15, -0.1) is 0 Å². The van der Waals surface area contributed by atoms with E-state index in [0.717, 1.165) is 8.95 Å². The molecule has 0 fully saturated rings. The van der Waals surface area contributed by atoms with Gasteiger partial charge in [-0.05, 0) is 74.3 Å². The van der Waals surface area contributed by atoms with Crippen LogP contribution in [0.3, 0.4) is 0 Å². The van der Waals surface area contributed by atoms with Crippen LogP contribution in [0.5, 0.6) is 0 Å². The Kier molecular flexibility index (Phi) is 4.17. The van der Waals surface area contributed by atoms with Crippen molar-refractivity contribution in [2.45, 2.75) is 4.90 Å². The summed E-state index contributed by atoms with van der Waals surface area (Å²) in [5, 5.41) is 0. The highest BCUT2D eigenvalue weighted by atomic mass is 79.9. The molecule has 0 atom stereocenters. The molecule has 0 aliphatic heterocycles. The summed E-state index contributed by atoms with van der Waals surface area (Å²) in [6.07, 6.45) is 0. The topological polar surface area (TPSA) is 72.2 Å². The van der Waals surface area contributed by atoms with Gasteiger partial charge in [0.05, 0.1) is 10.6 Å². The first kappa shape index (κ1) is 14.4. The summed E-state index contributed by atoms with van der Waals surface area (Å²) in [5.74, 6) is 0. The number of nitrogens with one attached hydrogen (secondary N) is 1. The van der Waals surface area contributed by atoms with Crippen molar-refractivity contribution in [2.24, 2.45) is 0 Å². The van der Waals surface area contributed by atoms with Crippen LogP contribution in [0.25, 0.3) is 0 Å². The molecule has 4 nitrogen and oxygen atoms in total. The molecule has 0 aliphatic carbocycles. The molecular formula is C12H10Br2N2O2S. The van der Waals surface area contributed by atoms with E-state index in [9.17, 15) is 8.42 Å². The molecule has 0 bridgehead atoms. The Morgan fingerprint density at radius 3 is 2.16 bits per heavy atom. The van der Waals surface area contributed by atoms with Crippen molar-refractivity contribution in [1.82, 2.24) is 0 Å². The minimum Gasteiger partial charge on any atom is -0.399 e. The summed E-state index contributed by atoms with van der Waals surface area (Å²) in [7, 11) is -3.60. The number of hydrogen-bond donors (Lipinski definition) is 2. The molecular weight excluding hydrogens is 396 g/mol. The molecule has 0 radical (unpaired) electrons. The molecule has 100 valence electrons. The average molecular weight is 406 g/mol. The monoisotopic (exact) mass is 404 g/mol. The van der Waals surface area contributed by atoms with Gasteiger partial charge in [-0.25, -0.2) is 8.42 Å². The molecule has 0 saturated heterocycles. The van der Waals surface area contributed by atoms with Crippen LogP contribution < -0.4 is 10.5 Å². The minimum atomic E-state index is -3.60. The molecule has 2 aromatic carbocycles. The van der Waals surface area contributed by atoms with E-state index in [-0.39, 0.29) is 4.90 Å². The number of nitrogens with two attached hydrogens (primary N) is 1. The molecule has 0 saturated carbocycles. The number of sulfonamides is 1. The highest BCUT2D eigenvalue weighted by Crippen LogP contribution is 2.27. The lowest BCUT2D eigenvalue weighted by atomic mass is 10.3. The van der Waals surface area contributed by atoms with E-state index < -0.39 is 10.0 Å². The fraction of sp³-hybridized carbons (Fsp3) is 0. The maximum Gasteiger partial charge on any atom is 0.261 e. The number of halogens is 2. The molecule has 7 heteroatoms. The number of nitrogen functional groups attached to an aromatic ring is 1. The van der Waals surface area contributed by atoms with Crippen LogP contribution in [0.2, 0.25) is 0 Å². The normalized spacial score (nSPS) is 11.3. The van der Waals surface area contributed by atoms with Gasteiger partial charge in [-0.1, -0.05) is 0 Å². The van der Waals surface area contributed by atoms with Crippen molar-refractivity contribution in [3.63, 3.8) is 0 Å². The zero-order chi connectivity index (χ0) is 14.0. The summed E-state index contributed by atoms with van der Waals surface area (Å²) in [6.45, 7) is 0. The van der Waals surface area contributed by atoms with Crippen molar-refractivity contribution in [3.8, 4) is 0 Å². The Labute approximate surface area is 128 Å². The molecule has 0 aliphatic rings. The molecule has 19 heavy (non-hydrogen) atoms. The third-order valence-corrected chi connectivity index (χ3v) is 5.64. The van der Waals surface area contributed by atoms with Crippen LogP contribution in [0, 0.1) is 0 Å². The number of anilines is 2. The summed E-state index contributed by atoms with van der Waals surface area (Å²) < 4.78 is 28.4. The van der Waals surface area contributed by atoms with Crippen LogP contribution in [-0.2, 0) is 10.0 Å². The summed E-state index contributed by atoms with van der Waals surface area (Å²) in [6, 6.07) is 11.1.